The Labute approximate surface area is 150 Å². The van der Waals surface area contributed by atoms with Crippen LogP contribution in [0.1, 0.15) is 12.5 Å². The minimum absolute atomic E-state index is 0.000868. The van der Waals surface area contributed by atoms with Crippen molar-refractivity contribution in [3.8, 4) is 11.8 Å². The second-order valence-electron chi connectivity index (χ2n) is 5.74. The van der Waals surface area contributed by atoms with Crippen molar-refractivity contribution in [1.82, 2.24) is 14.5 Å². The van der Waals surface area contributed by atoms with Crippen LogP contribution in [0.4, 0.5) is 10.6 Å². The summed E-state index contributed by atoms with van der Waals surface area (Å²) < 4.78 is 6.36. The van der Waals surface area contributed by atoms with Crippen LogP contribution in [0, 0.1) is 11.3 Å². The Hall–Kier alpha value is -3.34. The van der Waals surface area contributed by atoms with Crippen molar-refractivity contribution in [1.29, 1.82) is 5.26 Å². The number of ether oxygens (including phenoxy) is 1. The van der Waals surface area contributed by atoms with E-state index in [1.165, 1.54) is 10.9 Å². The van der Waals surface area contributed by atoms with Crippen LogP contribution in [0.15, 0.2) is 41.5 Å². The number of hydrogen-bond donors (Lipinski definition) is 0. The third-order valence-electron chi connectivity index (χ3n) is 4.20. The van der Waals surface area contributed by atoms with E-state index in [9.17, 15) is 14.9 Å². The molecule has 1 aromatic heterocycles. The molecule has 0 spiro atoms. The zero-order valence-electron chi connectivity index (χ0n) is 14.5. The predicted molar refractivity (Wildman–Crippen MR) is 95.4 cm³/mol. The van der Waals surface area contributed by atoms with E-state index in [1.54, 1.807) is 24.0 Å². The highest BCUT2D eigenvalue weighted by molar-refractivity contribution is 5.68. The van der Waals surface area contributed by atoms with Gasteiger partial charge in [0.15, 0.2) is 11.4 Å². The van der Waals surface area contributed by atoms with E-state index < -0.39 is 5.56 Å². The van der Waals surface area contributed by atoms with Crippen LogP contribution in [0.5, 0.6) is 0 Å². The maximum Gasteiger partial charge on any atom is 0.409 e. The van der Waals surface area contributed by atoms with Gasteiger partial charge in [-0.2, -0.15) is 5.26 Å². The van der Waals surface area contributed by atoms with Gasteiger partial charge in [-0.15, -0.1) is 0 Å². The molecule has 3 rings (SSSR count). The van der Waals surface area contributed by atoms with Crippen LogP contribution in [0.25, 0.3) is 5.69 Å². The minimum atomic E-state index is -0.406. The summed E-state index contributed by atoms with van der Waals surface area (Å²) in [7, 11) is 0. The molecule has 0 aliphatic carbocycles. The Kier molecular flexibility index (Phi) is 5.17. The van der Waals surface area contributed by atoms with Crippen molar-refractivity contribution in [3.05, 3.63) is 52.6 Å². The van der Waals surface area contributed by atoms with E-state index >= 15 is 0 Å². The average Bonchev–Trinajstić information content (AvgIpc) is 2.68. The van der Waals surface area contributed by atoms with Crippen LogP contribution in [0.2, 0.25) is 0 Å². The van der Waals surface area contributed by atoms with Crippen molar-refractivity contribution in [3.63, 3.8) is 0 Å². The molecule has 0 saturated carbocycles. The summed E-state index contributed by atoms with van der Waals surface area (Å²) in [6.45, 7) is 3.96. The van der Waals surface area contributed by atoms with Crippen molar-refractivity contribution in [2.24, 2.45) is 0 Å². The lowest BCUT2D eigenvalue weighted by atomic mass is 10.2. The first kappa shape index (κ1) is 17.5. The zero-order chi connectivity index (χ0) is 18.5. The quantitative estimate of drug-likeness (QED) is 0.828. The van der Waals surface area contributed by atoms with Gasteiger partial charge in [0.1, 0.15) is 12.4 Å². The number of rotatable bonds is 3. The monoisotopic (exact) mass is 353 g/mol. The van der Waals surface area contributed by atoms with E-state index in [1.807, 2.05) is 29.2 Å². The predicted octanol–water partition coefficient (Wildman–Crippen LogP) is 1.38. The number of piperazine rings is 1. The number of hydrogen-bond acceptors (Lipinski definition) is 6. The van der Waals surface area contributed by atoms with E-state index in [2.05, 4.69) is 4.98 Å². The lowest BCUT2D eigenvalue weighted by molar-refractivity contribution is 0.105. The Bertz CT molecular complexity index is 880. The van der Waals surface area contributed by atoms with Gasteiger partial charge in [0.05, 0.1) is 12.3 Å². The third kappa shape index (κ3) is 3.37. The van der Waals surface area contributed by atoms with Crippen molar-refractivity contribution in [2.75, 3.05) is 37.7 Å². The number of carbonyl (C=O) groups is 1. The second-order valence-corrected chi connectivity index (χ2v) is 5.74. The summed E-state index contributed by atoms with van der Waals surface area (Å²) in [5.41, 5.74) is 0.248. The van der Waals surface area contributed by atoms with Crippen LogP contribution < -0.4 is 10.5 Å². The van der Waals surface area contributed by atoms with E-state index in [0.717, 1.165) is 0 Å². The second kappa shape index (κ2) is 7.70. The largest absolute Gasteiger partial charge is 0.450 e. The first-order valence-corrected chi connectivity index (χ1v) is 8.39. The maximum absolute atomic E-state index is 12.7. The lowest BCUT2D eigenvalue weighted by Crippen LogP contribution is -2.49. The fourth-order valence-electron chi connectivity index (χ4n) is 2.87. The highest BCUT2D eigenvalue weighted by Crippen LogP contribution is 2.17. The average molecular weight is 353 g/mol. The Morgan fingerprint density at radius 1 is 1.23 bits per heavy atom. The van der Waals surface area contributed by atoms with E-state index in [4.69, 9.17) is 4.74 Å². The summed E-state index contributed by atoms with van der Waals surface area (Å²) >= 11 is 0. The number of benzene rings is 1. The molecule has 2 heterocycles. The summed E-state index contributed by atoms with van der Waals surface area (Å²) in [5, 5.41) is 9.50. The fraction of sp³-hybridized carbons (Fsp3) is 0.333. The molecule has 1 aromatic carbocycles. The third-order valence-corrected chi connectivity index (χ3v) is 4.20. The highest BCUT2D eigenvalue weighted by Gasteiger charge is 2.25. The van der Waals surface area contributed by atoms with Gasteiger partial charge in [-0.05, 0) is 19.1 Å². The molecule has 1 aliphatic heterocycles. The lowest BCUT2D eigenvalue weighted by Gasteiger charge is -2.34. The molecule has 1 fully saturated rings. The first-order chi connectivity index (χ1) is 12.7. The van der Waals surface area contributed by atoms with Gasteiger partial charge in [0.2, 0.25) is 0 Å². The Morgan fingerprint density at radius 2 is 1.92 bits per heavy atom. The Morgan fingerprint density at radius 3 is 2.54 bits per heavy atom. The molecule has 1 saturated heterocycles. The van der Waals surface area contributed by atoms with Gasteiger partial charge < -0.3 is 14.5 Å². The van der Waals surface area contributed by atoms with E-state index in [-0.39, 0.29) is 11.7 Å². The SMILES string of the molecule is CCOC(=O)N1CCN(c2ncn(-c3ccccc3)c(=O)c2C#N)CC1. The van der Waals surface area contributed by atoms with Gasteiger partial charge in [0, 0.05) is 26.2 Å². The molecule has 1 amide bonds. The van der Waals surface area contributed by atoms with Crippen molar-refractivity contribution >= 4 is 11.9 Å². The van der Waals surface area contributed by atoms with Gasteiger partial charge >= 0.3 is 6.09 Å². The minimum Gasteiger partial charge on any atom is -0.450 e. The van der Waals surface area contributed by atoms with E-state index in [0.29, 0.717) is 44.3 Å². The maximum atomic E-state index is 12.7. The van der Waals surface area contributed by atoms with Crippen LogP contribution >= 0.6 is 0 Å². The molecule has 8 nitrogen and oxygen atoms in total. The molecule has 0 unspecified atom stereocenters. The molecule has 0 bridgehead atoms. The highest BCUT2D eigenvalue weighted by atomic mass is 16.6. The molecule has 26 heavy (non-hydrogen) atoms. The summed E-state index contributed by atoms with van der Waals surface area (Å²) in [5.74, 6) is 0.355. The van der Waals surface area contributed by atoms with Gasteiger partial charge in [-0.25, -0.2) is 9.78 Å². The standard InChI is InChI=1S/C18H19N5O3/c1-2-26-18(25)22-10-8-21(9-11-22)16-15(12-19)17(24)23(13-20-16)14-6-4-3-5-7-14/h3-7,13H,2,8-11H2,1H3. The zero-order valence-corrected chi connectivity index (χ0v) is 14.5. The summed E-state index contributed by atoms with van der Waals surface area (Å²) in [6, 6.07) is 11.0. The van der Waals surface area contributed by atoms with Gasteiger partial charge in [0.25, 0.3) is 5.56 Å². The number of carbonyl (C=O) groups excluding carboxylic acids is 1. The normalized spacial score (nSPS) is 14.0. The van der Waals surface area contributed by atoms with Crippen LogP contribution in [-0.4, -0.2) is 53.3 Å². The van der Waals surface area contributed by atoms with Crippen molar-refractivity contribution in [2.45, 2.75) is 6.92 Å². The van der Waals surface area contributed by atoms with Crippen LogP contribution in [-0.2, 0) is 4.74 Å². The molecule has 8 heteroatoms. The first-order valence-electron chi connectivity index (χ1n) is 8.39. The summed E-state index contributed by atoms with van der Waals surface area (Å²) in [6.07, 6.45) is 1.09. The number of nitrogens with zero attached hydrogens (tertiary/aromatic N) is 5. The molecule has 0 radical (unpaired) electrons. The van der Waals surface area contributed by atoms with Gasteiger partial charge in [-0.3, -0.25) is 9.36 Å². The number of nitriles is 1. The number of anilines is 1. The smallest absolute Gasteiger partial charge is 0.409 e. The molecule has 2 aromatic rings. The molecule has 1 aliphatic rings. The molecule has 0 atom stereocenters. The molecule has 0 N–H and O–H groups in total. The molecule has 134 valence electrons. The number of aromatic nitrogens is 2. The Balaban J connectivity index is 1.84. The molecular formula is C18H19N5O3. The van der Waals surface area contributed by atoms with Crippen LogP contribution in [0.3, 0.4) is 0 Å². The fourth-order valence-corrected chi connectivity index (χ4v) is 2.87. The van der Waals surface area contributed by atoms with Gasteiger partial charge in [-0.1, -0.05) is 18.2 Å². The number of amides is 1. The number of para-hydroxylation sites is 1. The topological polar surface area (TPSA) is 91.5 Å². The molecular weight excluding hydrogens is 334 g/mol. The summed E-state index contributed by atoms with van der Waals surface area (Å²) in [4.78, 5) is 32.3. The van der Waals surface area contributed by atoms with Crippen molar-refractivity contribution < 1.29 is 9.53 Å².